The van der Waals surface area contributed by atoms with Crippen molar-refractivity contribution in [1.29, 1.82) is 0 Å². The van der Waals surface area contributed by atoms with Crippen LogP contribution in [0.1, 0.15) is 32.6 Å². The number of hydrogen-bond donors (Lipinski definition) is 1. The Bertz CT molecular complexity index is 81.3. The van der Waals surface area contributed by atoms with E-state index in [0.717, 1.165) is 25.7 Å². The lowest BCUT2D eigenvalue weighted by Gasteiger charge is -2.08. The summed E-state index contributed by atoms with van der Waals surface area (Å²) in [5.74, 6) is 0. The van der Waals surface area contributed by atoms with E-state index in [4.69, 9.17) is 5.26 Å². The SMILES string of the molecule is C=CCC(CCCC)OO. The van der Waals surface area contributed by atoms with Gasteiger partial charge in [-0.05, 0) is 12.8 Å². The van der Waals surface area contributed by atoms with Gasteiger partial charge in [-0.1, -0.05) is 25.8 Å². The van der Waals surface area contributed by atoms with Gasteiger partial charge in [0.15, 0.2) is 0 Å². The van der Waals surface area contributed by atoms with E-state index in [-0.39, 0.29) is 6.10 Å². The largest absolute Gasteiger partial charge is 0.252 e. The van der Waals surface area contributed by atoms with Crippen molar-refractivity contribution in [2.45, 2.75) is 38.7 Å². The zero-order valence-electron chi connectivity index (χ0n) is 6.55. The molecule has 0 aromatic rings. The van der Waals surface area contributed by atoms with Crippen LogP contribution in [-0.2, 0) is 4.89 Å². The van der Waals surface area contributed by atoms with E-state index in [0.29, 0.717) is 0 Å². The Labute approximate surface area is 62.4 Å². The van der Waals surface area contributed by atoms with Crippen LogP contribution in [0.3, 0.4) is 0 Å². The Morgan fingerprint density at radius 3 is 2.80 bits per heavy atom. The Kier molecular flexibility index (Phi) is 6.55. The standard InChI is InChI=1S/C8H16O2/c1-3-5-7-8(10-9)6-4-2/h4,8-9H,2-3,5-7H2,1H3. The van der Waals surface area contributed by atoms with Gasteiger partial charge in [-0.25, -0.2) is 4.89 Å². The van der Waals surface area contributed by atoms with Gasteiger partial charge in [0.25, 0.3) is 0 Å². The van der Waals surface area contributed by atoms with Crippen LogP contribution in [0.15, 0.2) is 12.7 Å². The molecule has 0 bridgehead atoms. The summed E-state index contributed by atoms with van der Waals surface area (Å²) in [6.07, 6.45) is 5.60. The van der Waals surface area contributed by atoms with E-state index in [1.54, 1.807) is 6.08 Å². The van der Waals surface area contributed by atoms with Gasteiger partial charge in [0.1, 0.15) is 0 Å². The molecule has 0 aliphatic carbocycles. The predicted molar refractivity (Wildman–Crippen MR) is 41.8 cm³/mol. The molecule has 0 radical (unpaired) electrons. The summed E-state index contributed by atoms with van der Waals surface area (Å²) in [4.78, 5) is 4.22. The highest BCUT2D eigenvalue weighted by Gasteiger charge is 2.04. The molecule has 0 aromatic carbocycles. The van der Waals surface area contributed by atoms with E-state index in [1.807, 2.05) is 0 Å². The Morgan fingerprint density at radius 1 is 1.70 bits per heavy atom. The molecule has 0 fully saturated rings. The van der Waals surface area contributed by atoms with Gasteiger partial charge in [0.2, 0.25) is 0 Å². The van der Waals surface area contributed by atoms with E-state index < -0.39 is 0 Å². The van der Waals surface area contributed by atoms with E-state index in [1.165, 1.54) is 0 Å². The lowest BCUT2D eigenvalue weighted by atomic mass is 10.1. The Balaban J connectivity index is 3.29. The number of hydrogen-bond acceptors (Lipinski definition) is 2. The molecule has 0 heterocycles. The third-order valence-electron chi connectivity index (χ3n) is 1.46. The van der Waals surface area contributed by atoms with E-state index in [9.17, 15) is 0 Å². The molecule has 2 heteroatoms. The first-order valence-electron chi connectivity index (χ1n) is 3.76. The fraction of sp³-hybridized carbons (Fsp3) is 0.750. The highest BCUT2D eigenvalue weighted by atomic mass is 17.1. The molecule has 60 valence electrons. The summed E-state index contributed by atoms with van der Waals surface area (Å²) in [5.41, 5.74) is 0. The van der Waals surface area contributed by atoms with Crippen molar-refractivity contribution >= 4 is 0 Å². The summed E-state index contributed by atoms with van der Waals surface area (Å²) in [5, 5.41) is 8.34. The smallest absolute Gasteiger partial charge is 0.0961 e. The summed E-state index contributed by atoms with van der Waals surface area (Å²) in [7, 11) is 0. The van der Waals surface area contributed by atoms with Gasteiger partial charge in [-0.15, -0.1) is 6.58 Å². The van der Waals surface area contributed by atoms with Crippen molar-refractivity contribution in [3.63, 3.8) is 0 Å². The first-order chi connectivity index (χ1) is 4.85. The molecule has 0 rings (SSSR count). The van der Waals surface area contributed by atoms with Gasteiger partial charge >= 0.3 is 0 Å². The van der Waals surface area contributed by atoms with Crippen LogP contribution >= 0.6 is 0 Å². The molecule has 0 aromatic heterocycles. The molecule has 0 spiro atoms. The maximum atomic E-state index is 8.34. The van der Waals surface area contributed by atoms with Gasteiger partial charge in [0, 0.05) is 0 Å². The second-order valence-corrected chi connectivity index (χ2v) is 2.39. The molecule has 0 amide bonds. The highest BCUT2D eigenvalue weighted by molar-refractivity contribution is 4.72. The van der Waals surface area contributed by atoms with Crippen molar-refractivity contribution in [3.8, 4) is 0 Å². The molecule has 10 heavy (non-hydrogen) atoms. The summed E-state index contributed by atoms with van der Waals surface area (Å²) >= 11 is 0. The van der Waals surface area contributed by atoms with Gasteiger partial charge < -0.3 is 0 Å². The Hall–Kier alpha value is -0.340. The number of rotatable bonds is 6. The van der Waals surface area contributed by atoms with Crippen LogP contribution in [0.25, 0.3) is 0 Å². The van der Waals surface area contributed by atoms with Crippen LogP contribution in [-0.4, -0.2) is 11.4 Å². The van der Waals surface area contributed by atoms with Crippen molar-refractivity contribution in [1.82, 2.24) is 0 Å². The second-order valence-electron chi connectivity index (χ2n) is 2.39. The summed E-state index contributed by atoms with van der Waals surface area (Å²) in [6, 6.07) is 0. The van der Waals surface area contributed by atoms with Gasteiger partial charge in [-0.3, -0.25) is 5.26 Å². The first-order valence-corrected chi connectivity index (χ1v) is 3.76. The Morgan fingerprint density at radius 2 is 2.40 bits per heavy atom. The fourth-order valence-electron chi connectivity index (χ4n) is 0.831. The topological polar surface area (TPSA) is 29.5 Å². The molecule has 0 aliphatic rings. The lowest BCUT2D eigenvalue weighted by Crippen LogP contribution is -2.08. The molecule has 1 atom stereocenters. The fourth-order valence-corrected chi connectivity index (χ4v) is 0.831. The van der Waals surface area contributed by atoms with Crippen LogP contribution in [0.4, 0.5) is 0 Å². The molecule has 1 N–H and O–H groups in total. The maximum absolute atomic E-state index is 8.34. The van der Waals surface area contributed by atoms with Crippen molar-refractivity contribution < 1.29 is 10.1 Å². The monoisotopic (exact) mass is 144 g/mol. The lowest BCUT2D eigenvalue weighted by molar-refractivity contribution is -0.278. The van der Waals surface area contributed by atoms with Crippen molar-refractivity contribution in [2.75, 3.05) is 0 Å². The third-order valence-corrected chi connectivity index (χ3v) is 1.46. The average molecular weight is 144 g/mol. The second kappa shape index (κ2) is 6.78. The van der Waals surface area contributed by atoms with Crippen LogP contribution in [0.5, 0.6) is 0 Å². The zero-order chi connectivity index (χ0) is 7.82. The van der Waals surface area contributed by atoms with E-state index in [2.05, 4.69) is 18.4 Å². The molecule has 0 saturated carbocycles. The number of unbranched alkanes of at least 4 members (excludes halogenated alkanes) is 1. The molecular formula is C8H16O2. The first kappa shape index (κ1) is 9.66. The average Bonchev–Trinajstić information content (AvgIpc) is 1.98. The van der Waals surface area contributed by atoms with Crippen LogP contribution in [0, 0.1) is 0 Å². The van der Waals surface area contributed by atoms with E-state index >= 15 is 0 Å². The molecule has 2 nitrogen and oxygen atoms in total. The summed E-state index contributed by atoms with van der Waals surface area (Å²) in [6.45, 7) is 5.68. The summed E-state index contributed by atoms with van der Waals surface area (Å²) < 4.78 is 0. The predicted octanol–water partition coefficient (Wildman–Crippen LogP) is 2.61. The normalized spacial score (nSPS) is 13.0. The minimum Gasteiger partial charge on any atom is -0.252 e. The van der Waals surface area contributed by atoms with Crippen molar-refractivity contribution in [3.05, 3.63) is 12.7 Å². The maximum Gasteiger partial charge on any atom is 0.0961 e. The molecule has 0 saturated heterocycles. The minimum atomic E-state index is -0.0440. The molecule has 0 aliphatic heterocycles. The van der Waals surface area contributed by atoms with Crippen LogP contribution < -0.4 is 0 Å². The molecular weight excluding hydrogens is 128 g/mol. The third kappa shape index (κ3) is 4.53. The van der Waals surface area contributed by atoms with Gasteiger partial charge in [-0.2, -0.15) is 0 Å². The minimum absolute atomic E-state index is 0.0440. The van der Waals surface area contributed by atoms with Crippen molar-refractivity contribution in [2.24, 2.45) is 0 Å². The highest BCUT2D eigenvalue weighted by Crippen LogP contribution is 2.07. The molecule has 1 unspecified atom stereocenters. The quantitative estimate of drug-likeness (QED) is 0.353. The van der Waals surface area contributed by atoms with Crippen LogP contribution in [0.2, 0.25) is 0 Å². The zero-order valence-corrected chi connectivity index (χ0v) is 6.55. The van der Waals surface area contributed by atoms with Gasteiger partial charge in [0.05, 0.1) is 6.10 Å².